The van der Waals surface area contributed by atoms with E-state index in [2.05, 4.69) is 4.98 Å². The molecule has 1 unspecified atom stereocenters. The number of amides is 1. The fourth-order valence-corrected chi connectivity index (χ4v) is 8.39. The van der Waals surface area contributed by atoms with E-state index >= 15 is 0 Å². The number of rotatable bonds is 2. The Labute approximate surface area is 243 Å². The Balaban J connectivity index is 1.68. The summed E-state index contributed by atoms with van der Waals surface area (Å²) in [6, 6.07) is 6.52. The number of hydrogen-bond donors (Lipinski definition) is 2. The second-order valence-corrected chi connectivity index (χ2v) is 14.3. The lowest BCUT2D eigenvalue weighted by molar-refractivity contribution is -0.137. The molecule has 2 aliphatic heterocycles. The van der Waals surface area contributed by atoms with Crippen molar-refractivity contribution in [1.82, 2.24) is 14.5 Å². The molecule has 228 valence electrons. The summed E-state index contributed by atoms with van der Waals surface area (Å²) >= 11 is 0. The average molecular weight is 610 g/mol. The molecule has 1 fully saturated rings. The number of halogens is 4. The average Bonchev–Trinajstić information content (AvgIpc) is 3.01. The van der Waals surface area contributed by atoms with Crippen molar-refractivity contribution >= 4 is 33.7 Å². The Morgan fingerprint density at radius 2 is 1.67 bits per heavy atom. The molecule has 1 saturated heterocycles. The highest BCUT2D eigenvalue weighted by molar-refractivity contribution is 8.17. The van der Waals surface area contributed by atoms with Gasteiger partial charge in [0.15, 0.2) is 0 Å². The topological polar surface area (TPSA) is 93.7 Å². The van der Waals surface area contributed by atoms with Gasteiger partial charge in [-0.15, -0.1) is 0 Å². The Morgan fingerprint density at radius 3 is 2.24 bits per heavy atom. The third-order valence-electron chi connectivity index (χ3n) is 7.45. The first-order valence-corrected chi connectivity index (χ1v) is 15.3. The van der Waals surface area contributed by atoms with Crippen molar-refractivity contribution in [2.75, 3.05) is 23.7 Å². The van der Waals surface area contributed by atoms with E-state index in [0.717, 1.165) is 12.1 Å². The van der Waals surface area contributed by atoms with Gasteiger partial charge in [-0.05, 0) is 81.7 Å². The first-order chi connectivity index (χ1) is 19.5. The molecule has 13 heteroatoms. The smallest absolute Gasteiger partial charge is 0.416 e. The van der Waals surface area contributed by atoms with E-state index in [4.69, 9.17) is 10.5 Å². The van der Waals surface area contributed by atoms with Gasteiger partial charge in [0.1, 0.15) is 17.2 Å². The van der Waals surface area contributed by atoms with E-state index in [0.29, 0.717) is 21.1 Å². The van der Waals surface area contributed by atoms with Crippen molar-refractivity contribution in [3.8, 4) is 0 Å². The second-order valence-electron chi connectivity index (χ2n) is 12.1. The van der Waals surface area contributed by atoms with Crippen LogP contribution in [0.25, 0.3) is 10.9 Å². The standard InChI is InChI=1S/C29H35F4N5O3S/c1-16-12-36(13-17(2)38(16)27(40)41-28(3,4)5)25-22-10-18(29(31,32)33)11-23-24(22)37(26(39)35-25)14-20(34)15-42(23)21-8-6-19(30)7-9-21/h6-11,16-17,20,42H,12-15,34H2,1-5H3/t16-,17-,20+/m1/s1. The highest BCUT2D eigenvalue weighted by Crippen LogP contribution is 2.51. The molecule has 0 bridgehead atoms. The van der Waals surface area contributed by atoms with E-state index in [1.54, 1.807) is 42.7 Å². The fourth-order valence-electron chi connectivity index (χ4n) is 5.82. The molecule has 5 rings (SSSR count). The van der Waals surface area contributed by atoms with E-state index in [1.165, 1.54) is 16.7 Å². The molecule has 2 aliphatic rings. The summed E-state index contributed by atoms with van der Waals surface area (Å²) < 4.78 is 63.7. The van der Waals surface area contributed by atoms with Gasteiger partial charge in [-0.3, -0.25) is 9.47 Å². The number of nitrogens with zero attached hydrogens (tertiary/aromatic N) is 4. The molecule has 2 aromatic carbocycles. The highest BCUT2D eigenvalue weighted by Gasteiger charge is 2.39. The predicted molar refractivity (Wildman–Crippen MR) is 155 cm³/mol. The molecule has 2 N–H and O–H groups in total. The zero-order valence-electron chi connectivity index (χ0n) is 24.1. The summed E-state index contributed by atoms with van der Waals surface area (Å²) in [4.78, 5) is 35.2. The molecule has 0 spiro atoms. The number of benzene rings is 2. The van der Waals surface area contributed by atoms with Crippen molar-refractivity contribution in [1.29, 1.82) is 0 Å². The monoisotopic (exact) mass is 609 g/mol. The molecular weight excluding hydrogens is 574 g/mol. The second kappa shape index (κ2) is 10.7. The van der Waals surface area contributed by atoms with Crippen LogP contribution in [0, 0.1) is 5.82 Å². The quantitative estimate of drug-likeness (QED) is 0.309. The normalized spacial score (nSPS) is 24.0. The molecule has 1 amide bonds. The minimum atomic E-state index is -4.67. The molecule has 1 aromatic heterocycles. The lowest BCUT2D eigenvalue weighted by Crippen LogP contribution is -2.59. The summed E-state index contributed by atoms with van der Waals surface area (Å²) in [5, 5.41) is 0.188. The number of thiol groups is 1. The number of carbonyl (C=O) groups excluding carboxylic acids is 1. The molecule has 0 radical (unpaired) electrons. The minimum absolute atomic E-state index is 0.0836. The minimum Gasteiger partial charge on any atom is -0.444 e. The maximum absolute atomic E-state index is 14.3. The first-order valence-electron chi connectivity index (χ1n) is 13.7. The van der Waals surface area contributed by atoms with Gasteiger partial charge in [-0.25, -0.2) is 14.0 Å². The fraction of sp³-hybridized carbons (Fsp3) is 0.483. The lowest BCUT2D eigenvalue weighted by Gasteiger charge is -2.45. The van der Waals surface area contributed by atoms with E-state index in [9.17, 15) is 27.2 Å². The number of ether oxygens (including phenoxy) is 1. The third-order valence-corrected chi connectivity index (χ3v) is 10.1. The van der Waals surface area contributed by atoms with Crippen molar-refractivity contribution < 1.29 is 27.1 Å². The highest BCUT2D eigenvalue weighted by atomic mass is 32.2. The van der Waals surface area contributed by atoms with Crippen LogP contribution in [0.4, 0.5) is 28.2 Å². The van der Waals surface area contributed by atoms with Crippen LogP contribution in [0.3, 0.4) is 0 Å². The van der Waals surface area contributed by atoms with Crippen LogP contribution in [-0.4, -0.2) is 63.1 Å². The maximum atomic E-state index is 14.3. The van der Waals surface area contributed by atoms with Gasteiger partial charge in [0.05, 0.1) is 23.2 Å². The summed E-state index contributed by atoms with van der Waals surface area (Å²) in [5.41, 5.74) is 4.60. The number of aromatic nitrogens is 2. The molecule has 8 nitrogen and oxygen atoms in total. The zero-order valence-corrected chi connectivity index (χ0v) is 25.0. The lowest BCUT2D eigenvalue weighted by atomic mass is 10.1. The SMILES string of the molecule is C[C@@H]1CN(c2nc(=O)n3c4c(cc(C(F)(F)F)cc24)[SH](c2ccc(F)cc2)C[C@@H](N)C3)C[C@@H](C)N1C(=O)OC(C)(C)C. The van der Waals surface area contributed by atoms with Gasteiger partial charge in [0, 0.05) is 36.0 Å². The summed E-state index contributed by atoms with van der Waals surface area (Å²) in [7, 11) is -1.47. The number of anilines is 1. The van der Waals surface area contributed by atoms with Crippen LogP contribution >= 0.6 is 10.9 Å². The Morgan fingerprint density at radius 1 is 1.05 bits per heavy atom. The van der Waals surface area contributed by atoms with Crippen LogP contribution < -0.4 is 16.3 Å². The molecule has 4 atom stereocenters. The predicted octanol–water partition coefficient (Wildman–Crippen LogP) is 5.15. The number of alkyl halides is 3. The molecule has 42 heavy (non-hydrogen) atoms. The zero-order chi connectivity index (χ0) is 30.7. The number of nitrogens with two attached hydrogens (primary N) is 1. The number of hydrogen-bond acceptors (Lipinski definition) is 6. The van der Waals surface area contributed by atoms with Gasteiger partial charge in [-0.2, -0.15) is 29.1 Å². The van der Waals surface area contributed by atoms with Crippen LogP contribution in [0.2, 0.25) is 0 Å². The Hall–Kier alpha value is -3.32. The van der Waals surface area contributed by atoms with E-state index in [-0.39, 0.29) is 42.9 Å². The van der Waals surface area contributed by atoms with Crippen molar-refractivity contribution in [3.63, 3.8) is 0 Å². The van der Waals surface area contributed by atoms with E-state index < -0.39 is 51.9 Å². The van der Waals surface area contributed by atoms with Gasteiger partial charge in [0.25, 0.3) is 0 Å². The molecule has 0 aliphatic carbocycles. The summed E-state index contributed by atoms with van der Waals surface area (Å²) in [6.07, 6.45) is -5.15. The van der Waals surface area contributed by atoms with Gasteiger partial charge in [-0.1, -0.05) is 0 Å². The van der Waals surface area contributed by atoms with Crippen molar-refractivity contribution in [2.24, 2.45) is 5.73 Å². The summed E-state index contributed by atoms with van der Waals surface area (Å²) in [5.74, 6) is -0.0131. The van der Waals surface area contributed by atoms with Gasteiger partial charge < -0.3 is 15.4 Å². The molecule has 3 heterocycles. The molecule has 0 saturated carbocycles. The van der Waals surface area contributed by atoms with Crippen LogP contribution in [0.5, 0.6) is 0 Å². The van der Waals surface area contributed by atoms with Crippen LogP contribution in [-0.2, 0) is 17.5 Å². The van der Waals surface area contributed by atoms with Crippen molar-refractivity contribution in [2.45, 2.75) is 80.9 Å². The number of piperazine rings is 1. The molecular formula is C29H35F4N5O3S. The molecule has 3 aromatic rings. The Bertz CT molecular complexity index is 1560. The number of carbonyl (C=O) groups is 1. The van der Waals surface area contributed by atoms with Crippen molar-refractivity contribution in [3.05, 3.63) is 58.3 Å². The first kappa shape index (κ1) is 30.1. The van der Waals surface area contributed by atoms with E-state index in [1.807, 2.05) is 13.8 Å². The van der Waals surface area contributed by atoms with Gasteiger partial charge in [0.2, 0.25) is 0 Å². The third kappa shape index (κ3) is 5.81. The largest absolute Gasteiger partial charge is 0.444 e. The maximum Gasteiger partial charge on any atom is 0.416 e. The van der Waals surface area contributed by atoms with Crippen LogP contribution in [0.1, 0.15) is 40.2 Å². The Kier molecular flexibility index (Phi) is 7.71. The summed E-state index contributed by atoms with van der Waals surface area (Å²) in [6.45, 7) is 9.51. The van der Waals surface area contributed by atoms with Crippen LogP contribution in [0.15, 0.2) is 51.0 Å². The van der Waals surface area contributed by atoms with Gasteiger partial charge >= 0.3 is 18.0 Å².